The summed E-state index contributed by atoms with van der Waals surface area (Å²) in [6.45, 7) is 3.69. The highest BCUT2D eigenvalue weighted by Crippen LogP contribution is 2.13. The van der Waals surface area contributed by atoms with E-state index in [4.69, 9.17) is 5.11 Å². The van der Waals surface area contributed by atoms with Crippen LogP contribution in [0.2, 0.25) is 0 Å². The summed E-state index contributed by atoms with van der Waals surface area (Å²) in [5.74, 6) is -1.38. The smallest absolute Gasteiger partial charge is 0.304 e. The largest absolute Gasteiger partial charge is 0.481 e. The van der Waals surface area contributed by atoms with Crippen molar-refractivity contribution >= 4 is 16.0 Å². The maximum Gasteiger partial charge on any atom is 0.304 e. The number of rotatable bonds is 7. The van der Waals surface area contributed by atoms with Gasteiger partial charge in [0.25, 0.3) is 0 Å². The lowest BCUT2D eigenvalue weighted by molar-refractivity contribution is -0.136. The van der Waals surface area contributed by atoms with E-state index < -0.39 is 16.0 Å². The number of aliphatic carboxylic acids is 1. The van der Waals surface area contributed by atoms with Crippen molar-refractivity contribution in [3.63, 3.8) is 0 Å². The first kappa shape index (κ1) is 13.4. The Morgan fingerprint density at radius 2 is 2.12 bits per heavy atom. The lowest BCUT2D eigenvalue weighted by Crippen LogP contribution is -2.59. The van der Waals surface area contributed by atoms with Crippen LogP contribution < -0.4 is 5.32 Å². The Morgan fingerprint density at radius 3 is 2.50 bits per heavy atom. The van der Waals surface area contributed by atoms with E-state index in [0.29, 0.717) is 19.6 Å². The number of carboxylic acid groups (broad SMARTS) is 1. The van der Waals surface area contributed by atoms with Crippen LogP contribution in [-0.4, -0.2) is 55.2 Å². The SMILES string of the molecule is CCCN(C1CNC1)S(=O)(=O)CCC(=O)O. The molecule has 0 unspecified atom stereocenters. The molecule has 0 bridgehead atoms. The predicted molar refractivity (Wildman–Crippen MR) is 59.7 cm³/mol. The summed E-state index contributed by atoms with van der Waals surface area (Å²) in [7, 11) is -3.43. The molecule has 1 heterocycles. The first-order valence-corrected chi connectivity index (χ1v) is 7.00. The summed E-state index contributed by atoms with van der Waals surface area (Å²) in [6.07, 6.45) is 0.408. The van der Waals surface area contributed by atoms with Crippen molar-refractivity contribution in [1.29, 1.82) is 0 Å². The molecule has 7 heteroatoms. The fourth-order valence-corrected chi connectivity index (χ4v) is 3.31. The number of sulfonamides is 1. The first-order valence-electron chi connectivity index (χ1n) is 5.39. The fourth-order valence-electron chi connectivity index (χ4n) is 1.58. The Hall–Kier alpha value is -0.660. The van der Waals surface area contributed by atoms with Crippen LogP contribution in [0.3, 0.4) is 0 Å². The van der Waals surface area contributed by atoms with Gasteiger partial charge in [-0.05, 0) is 6.42 Å². The van der Waals surface area contributed by atoms with Gasteiger partial charge in [0, 0.05) is 25.7 Å². The van der Waals surface area contributed by atoms with Crippen molar-refractivity contribution in [2.75, 3.05) is 25.4 Å². The fraction of sp³-hybridized carbons (Fsp3) is 0.889. The molecule has 1 rings (SSSR count). The van der Waals surface area contributed by atoms with Crippen LogP contribution in [0.25, 0.3) is 0 Å². The summed E-state index contributed by atoms with van der Waals surface area (Å²) in [6, 6.07) is -0.00116. The van der Waals surface area contributed by atoms with E-state index in [2.05, 4.69) is 5.32 Å². The molecule has 1 aliphatic heterocycles. The summed E-state index contributed by atoms with van der Waals surface area (Å²) < 4.78 is 25.2. The monoisotopic (exact) mass is 250 g/mol. The van der Waals surface area contributed by atoms with Crippen LogP contribution in [0.1, 0.15) is 19.8 Å². The van der Waals surface area contributed by atoms with Gasteiger partial charge in [0.1, 0.15) is 0 Å². The van der Waals surface area contributed by atoms with Crippen molar-refractivity contribution in [3.05, 3.63) is 0 Å². The topological polar surface area (TPSA) is 86.7 Å². The van der Waals surface area contributed by atoms with E-state index in [1.807, 2.05) is 6.92 Å². The molecular weight excluding hydrogens is 232 g/mol. The molecule has 6 nitrogen and oxygen atoms in total. The van der Waals surface area contributed by atoms with E-state index in [1.54, 1.807) is 0 Å². The number of hydrogen-bond acceptors (Lipinski definition) is 4. The third-order valence-corrected chi connectivity index (χ3v) is 4.46. The van der Waals surface area contributed by atoms with Crippen LogP contribution in [0.15, 0.2) is 0 Å². The van der Waals surface area contributed by atoms with Gasteiger partial charge in [-0.2, -0.15) is 4.31 Å². The average Bonchev–Trinajstić information content (AvgIpc) is 2.11. The predicted octanol–water partition coefficient (Wildman–Crippen LogP) is -0.525. The van der Waals surface area contributed by atoms with E-state index in [1.165, 1.54) is 4.31 Å². The highest BCUT2D eigenvalue weighted by molar-refractivity contribution is 7.89. The Balaban J connectivity index is 2.63. The lowest BCUT2D eigenvalue weighted by atomic mass is 10.2. The quantitative estimate of drug-likeness (QED) is 0.634. The average molecular weight is 250 g/mol. The minimum absolute atomic E-state index is 0.00116. The molecule has 0 saturated carbocycles. The molecule has 94 valence electrons. The van der Waals surface area contributed by atoms with Crippen molar-refractivity contribution in [1.82, 2.24) is 9.62 Å². The van der Waals surface area contributed by atoms with Gasteiger partial charge in [0.15, 0.2) is 0 Å². The van der Waals surface area contributed by atoms with Gasteiger partial charge >= 0.3 is 5.97 Å². The van der Waals surface area contributed by atoms with Gasteiger partial charge < -0.3 is 10.4 Å². The van der Waals surface area contributed by atoms with Crippen LogP contribution in [0.4, 0.5) is 0 Å². The molecule has 1 aliphatic rings. The highest BCUT2D eigenvalue weighted by Gasteiger charge is 2.32. The minimum Gasteiger partial charge on any atom is -0.481 e. The molecule has 0 aromatic carbocycles. The van der Waals surface area contributed by atoms with E-state index in [0.717, 1.165) is 6.42 Å². The molecule has 1 saturated heterocycles. The third kappa shape index (κ3) is 3.43. The zero-order chi connectivity index (χ0) is 12.2. The molecule has 0 radical (unpaired) electrons. The van der Waals surface area contributed by atoms with Gasteiger partial charge in [-0.15, -0.1) is 0 Å². The number of carbonyl (C=O) groups is 1. The van der Waals surface area contributed by atoms with Crippen LogP contribution >= 0.6 is 0 Å². The van der Waals surface area contributed by atoms with Crippen LogP contribution in [-0.2, 0) is 14.8 Å². The second-order valence-electron chi connectivity index (χ2n) is 3.88. The Labute approximate surface area is 95.7 Å². The van der Waals surface area contributed by atoms with Crippen molar-refractivity contribution < 1.29 is 18.3 Å². The molecular formula is C9H18N2O4S. The van der Waals surface area contributed by atoms with Crippen LogP contribution in [0.5, 0.6) is 0 Å². The zero-order valence-corrected chi connectivity index (χ0v) is 10.2. The van der Waals surface area contributed by atoms with Crippen molar-refractivity contribution in [3.8, 4) is 0 Å². The maximum atomic E-state index is 11.9. The molecule has 0 spiro atoms. The number of hydrogen-bond donors (Lipinski definition) is 2. The molecule has 1 fully saturated rings. The molecule has 16 heavy (non-hydrogen) atoms. The van der Waals surface area contributed by atoms with Crippen molar-refractivity contribution in [2.24, 2.45) is 0 Å². The zero-order valence-electron chi connectivity index (χ0n) is 9.35. The normalized spacial score (nSPS) is 17.4. The van der Waals surface area contributed by atoms with E-state index in [9.17, 15) is 13.2 Å². The van der Waals surface area contributed by atoms with E-state index >= 15 is 0 Å². The third-order valence-electron chi connectivity index (χ3n) is 2.54. The van der Waals surface area contributed by atoms with Gasteiger partial charge in [0.2, 0.25) is 10.0 Å². The van der Waals surface area contributed by atoms with Crippen molar-refractivity contribution in [2.45, 2.75) is 25.8 Å². The molecule has 0 atom stereocenters. The highest BCUT2D eigenvalue weighted by atomic mass is 32.2. The standard InChI is InChI=1S/C9H18N2O4S/c1-2-4-11(8-6-10-7-8)16(14,15)5-3-9(12)13/h8,10H,2-7H2,1H3,(H,12,13). The van der Waals surface area contributed by atoms with Gasteiger partial charge in [-0.1, -0.05) is 6.92 Å². The molecule has 2 N–H and O–H groups in total. The van der Waals surface area contributed by atoms with Gasteiger partial charge in [-0.25, -0.2) is 8.42 Å². The Morgan fingerprint density at radius 1 is 1.50 bits per heavy atom. The second kappa shape index (κ2) is 5.60. The minimum atomic E-state index is -3.43. The maximum absolute atomic E-state index is 11.9. The summed E-state index contributed by atoms with van der Waals surface area (Å²) >= 11 is 0. The Kier molecular flexibility index (Phi) is 4.69. The number of nitrogens with zero attached hydrogens (tertiary/aromatic N) is 1. The van der Waals surface area contributed by atoms with Gasteiger partial charge in [-0.3, -0.25) is 4.79 Å². The Bertz CT molecular complexity index is 337. The molecule has 0 amide bonds. The first-order chi connectivity index (χ1) is 7.47. The summed E-state index contributed by atoms with van der Waals surface area (Å²) in [5, 5.41) is 11.5. The second-order valence-corrected chi connectivity index (χ2v) is 5.92. The van der Waals surface area contributed by atoms with E-state index in [-0.39, 0.29) is 18.2 Å². The lowest BCUT2D eigenvalue weighted by Gasteiger charge is -2.37. The number of carboxylic acids is 1. The number of nitrogens with one attached hydrogen (secondary N) is 1. The van der Waals surface area contributed by atoms with Crippen LogP contribution in [0, 0.1) is 0 Å². The molecule has 0 aromatic rings. The molecule has 0 aliphatic carbocycles. The summed E-state index contributed by atoms with van der Waals surface area (Å²) in [4.78, 5) is 10.4. The molecule has 0 aromatic heterocycles. The summed E-state index contributed by atoms with van der Waals surface area (Å²) in [5.41, 5.74) is 0. The van der Waals surface area contributed by atoms with Gasteiger partial charge in [0.05, 0.1) is 12.2 Å².